The first kappa shape index (κ1) is 11.8. The summed E-state index contributed by atoms with van der Waals surface area (Å²) < 4.78 is 5.34. The zero-order valence-corrected chi connectivity index (χ0v) is 10.5. The van der Waals surface area contributed by atoms with Gasteiger partial charge in [-0.1, -0.05) is 0 Å². The van der Waals surface area contributed by atoms with Gasteiger partial charge in [-0.2, -0.15) is 0 Å². The fourth-order valence-corrected chi connectivity index (χ4v) is 2.33. The highest BCUT2D eigenvalue weighted by atomic mass is 16.4. The van der Waals surface area contributed by atoms with Crippen molar-refractivity contribution in [2.24, 2.45) is 11.8 Å². The molecular weight excluding hydrogens is 230 g/mol. The first-order valence-electron chi connectivity index (χ1n) is 6.74. The Morgan fingerprint density at radius 3 is 2.33 bits per heavy atom. The zero-order valence-electron chi connectivity index (χ0n) is 10.5. The van der Waals surface area contributed by atoms with Crippen molar-refractivity contribution >= 4 is 5.97 Å². The highest BCUT2D eigenvalue weighted by Crippen LogP contribution is 2.34. The molecule has 1 aromatic heterocycles. The Balaban J connectivity index is 1.59. The summed E-state index contributed by atoms with van der Waals surface area (Å²) in [4.78, 5) is 13.2. The van der Waals surface area contributed by atoms with Crippen molar-refractivity contribution in [2.75, 3.05) is 13.1 Å². The Morgan fingerprint density at radius 2 is 1.89 bits per heavy atom. The Labute approximate surface area is 107 Å². The molecule has 1 heterocycles. The second-order valence-electron chi connectivity index (χ2n) is 5.69. The number of hydrogen-bond donors (Lipinski definition) is 1. The molecule has 0 atom stereocenters. The maximum Gasteiger partial charge on any atom is 0.338 e. The van der Waals surface area contributed by atoms with Gasteiger partial charge in [-0.05, 0) is 43.6 Å². The lowest BCUT2D eigenvalue weighted by Gasteiger charge is -2.20. The molecule has 4 heteroatoms. The van der Waals surface area contributed by atoms with Crippen LogP contribution in [0.3, 0.4) is 0 Å². The van der Waals surface area contributed by atoms with Gasteiger partial charge in [0.15, 0.2) is 0 Å². The minimum atomic E-state index is -0.916. The monoisotopic (exact) mass is 249 g/mol. The standard InChI is InChI=1S/C14H19NO3/c16-14(17)12-5-13(18-9-12)8-15(6-10-1-2-10)7-11-3-4-11/h5,9-11H,1-4,6-8H2,(H,16,17). The van der Waals surface area contributed by atoms with Crippen molar-refractivity contribution in [3.05, 3.63) is 23.7 Å². The van der Waals surface area contributed by atoms with Crippen LogP contribution in [0, 0.1) is 11.8 Å². The first-order chi connectivity index (χ1) is 8.70. The fraction of sp³-hybridized carbons (Fsp3) is 0.643. The lowest BCUT2D eigenvalue weighted by atomic mass is 10.2. The van der Waals surface area contributed by atoms with Gasteiger partial charge < -0.3 is 9.52 Å². The number of carbonyl (C=O) groups is 1. The molecule has 0 bridgehead atoms. The number of rotatable bonds is 7. The van der Waals surface area contributed by atoms with E-state index in [1.165, 1.54) is 31.9 Å². The molecule has 0 radical (unpaired) electrons. The molecular formula is C14H19NO3. The first-order valence-corrected chi connectivity index (χ1v) is 6.74. The average Bonchev–Trinajstić information content (AvgIpc) is 3.22. The predicted octanol–water partition coefficient (Wildman–Crippen LogP) is 2.60. The predicted molar refractivity (Wildman–Crippen MR) is 66.4 cm³/mol. The van der Waals surface area contributed by atoms with E-state index in [0.717, 1.165) is 37.2 Å². The summed E-state index contributed by atoms with van der Waals surface area (Å²) in [6, 6.07) is 1.65. The topological polar surface area (TPSA) is 53.7 Å². The van der Waals surface area contributed by atoms with Gasteiger partial charge in [-0.15, -0.1) is 0 Å². The van der Waals surface area contributed by atoms with Crippen LogP contribution in [-0.4, -0.2) is 29.1 Å². The molecule has 1 N–H and O–H groups in total. The third-order valence-electron chi connectivity index (χ3n) is 3.71. The van der Waals surface area contributed by atoms with E-state index < -0.39 is 5.97 Å². The number of furan rings is 1. The largest absolute Gasteiger partial charge is 0.478 e. The molecule has 0 spiro atoms. The lowest BCUT2D eigenvalue weighted by Crippen LogP contribution is -2.27. The summed E-state index contributed by atoms with van der Waals surface area (Å²) in [7, 11) is 0. The van der Waals surface area contributed by atoms with E-state index in [0.29, 0.717) is 0 Å². The summed E-state index contributed by atoms with van der Waals surface area (Å²) in [5.74, 6) is 1.57. The number of carboxylic acids is 1. The summed E-state index contributed by atoms with van der Waals surface area (Å²) in [6.07, 6.45) is 6.73. The molecule has 0 aliphatic heterocycles. The molecule has 0 amide bonds. The highest BCUT2D eigenvalue weighted by molar-refractivity contribution is 5.87. The molecule has 2 fully saturated rings. The SMILES string of the molecule is O=C(O)c1coc(CN(CC2CC2)CC2CC2)c1. The van der Waals surface area contributed by atoms with Crippen molar-refractivity contribution in [3.8, 4) is 0 Å². The lowest BCUT2D eigenvalue weighted by molar-refractivity contribution is 0.0696. The van der Waals surface area contributed by atoms with Crippen LogP contribution in [-0.2, 0) is 6.54 Å². The molecule has 1 aromatic rings. The van der Waals surface area contributed by atoms with Gasteiger partial charge in [-0.25, -0.2) is 4.79 Å². The van der Waals surface area contributed by atoms with Crippen LogP contribution in [0.5, 0.6) is 0 Å². The van der Waals surface area contributed by atoms with Crippen molar-refractivity contribution < 1.29 is 14.3 Å². The van der Waals surface area contributed by atoms with Crippen LogP contribution in [0.2, 0.25) is 0 Å². The molecule has 4 nitrogen and oxygen atoms in total. The Hall–Kier alpha value is -1.29. The minimum absolute atomic E-state index is 0.253. The quantitative estimate of drug-likeness (QED) is 0.807. The van der Waals surface area contributed by atoms with Gasteiger partial charge in [0.25, 0.3) is 0 Å². The number of hydrogen-bond acceptors (Lipinski definition) is 3. The summed E-state index contributed by atoms with van der Waals surface area (Å²) >= 11 is 0. The van der Waals surface area contributed by atoms with Crippen LogP contribution in [0.25, 0.3) is 0 Å². The highest BCUT2D eigenvalue weighted by Gasteiger charge is 2.29. The molecule has 98 valence electrons. The third kappa shape index (κ3) is 3.13. The molecule has 2 saturated carbocycles. The number of carboxylic acid groups (broad SMARTS) is 1. The smallest absolute Gasteiger partial charge is 0.338 e. The maximum absolute atomic E-state index is 10.8. The number of aromatic carboxylic acids is 1. The Kier molecular flexibility index (Phi) is 3.12. The van der Waals surface area contributed by atoms with E-state index in [9.17, 15) is 4.79 Å². The van der Waals surface area contributed by atoms with E-state index in [2.05, 4.69) is 4.90 Å². The van der Waals surface area contributed by atoms with Crippen molar-refractivity contribution in [2.45, 2.75) is 32.2 Å². The fourth-order valence-electron chi connectivity index (χ4n) is 2.33. The van der Waals surface area contributed by atoms with Gasteiger partial charge >= 0.3 is 5.97 Å². The second-order valence-corrected chi connectivity index (χ2v) is 5.69. The molecule has 3 rings (SSSR count). The van der Waals surface area contributed by atoms with Gasteiger partial charge in [0, 0.05) is 13.1 Å². The second kappa shape index (κ2) is 4.76. The maximum atomic E-state index is 10.8. The summed E-state index contributed by atoms with van der Waals surface area (Å²) in [5, 5.41) is 8.87. The minimum Gasteiger partial charge on any atom is -0.478 e. The van der Waals surface area contributed by atoms with Gasteiger partial charge in [-0.3, -0.25) is 4.90 Å². The average molecular weight is 249 g/mol. The van der Waals surface area contributed by atoms with E-state index in [4.69, 9.17) is 9.52 Å². The van der Waals surface area contributed by atoms with Gasteiger partial charge in [0.1, 0.15) is 12.0 Å². The molecule has 2 aliphatic carbocycles. The van der Waals surface area contributed by atoms with Crippen LogP contribution < -0.4 is 0 Å². The van der Waals surface area contributed by atoms with E-state index in [-0.39, 0.29) is 5.56 Å². The Morgan fingerprint density at radius 1 is 1.28 bits per heavy atom. The van der Waals surface area contributed by atoms with E-state index in [1.807, 2.05) is 0 Å². The molecule has 0 unspecified atom stereocenters. The van der Waals surface area contributed by atoms with Crippen LogP contribution in [0.15, 0.2) is 16.7 Å². The van der Waals surface area contributed by atoms with Crippen molar-refractivity contribution in [1.82, 2.24) is 4.90 Å². The van der Waals surface area contributed by atoms with Gasteiger partial charge in [0.2, 0.25) is 0 Å². The molecule has 2 aliphatic rings. The summed E-state index contributed by atoms with van der Waals surface area (Å²) in [5.41, 5.74) is 0.253. The van der Waals surface area contributed by atoms with Crippen molar-refractivity contribution in [1.29, 1.82) is 0 Å². The normalized spacial score (nSPS) is 19.4. The van der Waals surface area contributed by atoms with E-state index >= 15 is 0 Å². The molecule has 0 saturated heterocycles. The van der Waals surface area contributed by atoms with E-state index in [1.54, 1.807) is 6.07 Å². The molecule has 0 aromatic carbocycles. The number of nitrogens with zero attached hydrogens (tertiary/aromatic N) is 1. The Bertz CT molecular complexity index is 418. The molecule has 18 heavy (non-hydrogen) atoms. The third-order valence-corrected chi connectivity index (χ3v) is 3.71. The van der Waals surface area contributed by atoms with Gasteiger partial charge in [0.05, 0.1) is 12.1 Å². The zero-order chi connectivity index (χ0) is 12.5. The van der Waals surface area contributed by atoms with Crippen LogP contribution in [0.1, 0.15) is 41.8 Å². The van der Waals surface area contributed by atoms with Crippen molar-refractivity contribution in [3.63, 3.8) is 0 Å². The van der Waals surface area contributed by atoms with Crippen LogP contribution in [0.4, 0.5) is 0 Å². The summed E-state index contributed by atoms with van der Waals surface area (Å²) in [6.45, 7) is 3.03. The van der Waals surface area contributed by atoms with Crippen LogP contribution >= 0.6 is 0 Å².